The Kier molecular flexibility index (Phi) is 10.8. The summed E-state index contributed by atoms with van der Waals surface area (Å²) in [4.78, 5) is 13.4. The van der Waals surface area contributed by atoms with Crippen molar-refractivity contribution in [2.45, 2.75) is 47.1 Å². The van der Waals surface area contributed by atoms with E-state index in [2.05, 4.69) is 4.74 Å². The van der Waals surface area contributed by atoms with Gasteiger partial charge >= 0.3 is 12.6 Å². The van der Waals surface area contributed by atoms with Crippen LogP contribution in [0.3, 0.4) is 0 Å². The number of hydrogen-bond donors (Lipinski definition) is 0. The van der Waals surface area contributed by atoms with Gasteiger partial charge in [0.05, 0.1) is 16.4 Å². The number of ether oxygens (including phenoxy) is 3. The molecule has 1 aliphatic heterocycles. The van der Waals surface area contributed by atoms with E-state index < -0.39 is 43.9 Å². The lowest BCUT2D eigenvalue weighted by Crippen LogP contribution is -2.40. The van der Waals surface area contributed by atoms with Gasteiger partial charge in [-0.25, -0.2) is 21.6 Å². The number of sulfone groups is 1. The highest BCUT2D eigenvalue weighted by Gasteiger charge is 2.42. The normalized spacial score (nSPS) is 17.9. The van der Waals surface area contributed by atoms with Gasteiger partial charge in [0.1, 0.15) is 16.1 Å². The van der Waals surface area contributed by atoms with Gasteiger partial charge in [-0.3, -0.25) is 0 Å². The molecule has 1 aromatic heterocycles. The van der Waals surface area contributed by atoms with Gasteiger partial charge in [0.2, 0.25) is 10.0 Å². The minimum Gasteiger partial charge on any atom is -0.619 e. The standard InChI is InChI=1S/C29H28Cl2F2N2O9S3/c1-46(38,39)19-5-7-20(8-6-19)47(40,41)35-10-11-45-27(35)28(36)43-25(13-21-22(30)14-34(37)15-23(21)31)18-4-9-24(44-29(32)33)26(12-18)42-16-17-2-3-17/h4-9,12,14-15,17,25,27,29H,2-3,10-11,13,16H2,1H3. The molecule has 254 valence electrons. The van der Waals surface area contributed by atoms with E-state index in [9.17, 15) is 35.6 Å². The fraction of sp³-hybridized carbons (Fsp3) is 0.379. The molecular formula is C29H28Cl2F2N2O9S3. The van der Waals surface area contributed by atoms with Crippen LogP contribution in [-0.4, -0.2) is 64.3 Å². The lowest BCUT2D eigenvalue weighted by atomic mass is 10.0. The molecule has 2 atom stereocenters. The van der Waals surface area contributed by atoms with Gasteiger partial charge in [0.25, 0.3) is 0 Å². The molecule has 0 bridgehead atoms. The molecule has 1 saturated carbocycles. The van der Waals surface area contributed by atoms with Gasteiger partial charge in [0, 0.05) is 30.5 Å². The van der Waals surface area contributed by atoms with Crippen LogP contribution in [0.15, 0.2) is 64.6 Å². The summed E-state index contributed by atoms with van der Waals surface area (Å²) in [6, 6.07) is 8.64. The largest absolute Gasteiger partial charge is 0.619 e. The zero-order valence-corrected chi connectivity index (χ0v) is 28.5. The molecule has 2 heterocycles. The highest BCUT2D eigenvalue weighted by molar-refractivity contribution is 8.02. The van der Waals surface area contributed by atoms with Crippen molar-refractivity contribution in [3.63, 3.8) is 0 Å². The monoisotopic (exact) mass is 752 g/mol. The molecule has 2 unspecified atom stereocenters. The number of rotatable bonds is 13. The Labute approximate surface area is 284 Å². The lowest BCUT2D eigenvalue weighted by molar-refractivity contribution is -0.605. The maximum atomic E-state index is 13.7. The molecule has 18 heteroatoms. The molecule has 2 aliphatic rings. The summed E-state index contributed by atoms with van der Waals surface area (Å²) in [5.41, 5.74) is 0.506. The SMILES string of the molecule is CS(=O)(=O)c1ccc(S(=O)(=O)N2CCSC2C(=O)OC(Cc2c(Cl)c[n+]([O-])cc2Cl)c2ccc(OC(F)F)c(OCC3CC3)c2)cc1. The van der Waals surface area contributed by atoms with E-state index >= 15 is 0 Å². The number of benzene rings is 2. The van der Waals surface area contributed by atoms with Crippen molar-refractivity contribution in [2.24, 2.45) is 5.92 Å². The second-order valence-electron chi connectivity index (χ2n) is 10.8. The van der Waals surface area contributed by atoms with Gasteiger partial charge in [-0.2, -0.15) is 17.8 Å². The second-order valence-corrected chi connectivity index (χ2v) is 16.8. The number of nitrogens with zero attached hydrogens (tertiary/aromatic N) is 2. The summed E-state index contributed by atoms with van der Waals surface area (Å²) in [5, 5.41) is 10.5. The van der Waals surface area contributed by atoms with Crippen molar-refractivity contribution < 1.29 is 49.4 Å². The number of thioether (sulfide) groups is 1. The maximum Gasteiger partial charge on any atom is 0.387 e. The predicted molar refractivity (Wildman–Crippen MR) is 169 cm³/mol. The second kappa shape index (κ2) is 14.3. The Morgan fingerprint density at radius 1 is 1.04 bits per heavy atom. The Morgan fingerprint density at radius 3 is 2.28 bits per heavy atom. The maximum absolute atomic E-state index is 13.7. The van der Waals surface area contributed by atoms with Crippen molar-refractivity contribution >= 4 is 60.8 Å². The quantitative estimate of drug-likeness (QED) is 0.133. The summed E-state index contributed by atoms with van der Waals surface area (Å²) in [7, 11) is -7.85. The van der Waals surface area contributed by atoms with Gasteiger partial charge in [-0.1, -0.05) is 29.3 Å². The molecule has 11 nitrogen and oxygen atoms in total. The molecule has 0 radical (unpaired) electrons. The van der Waals surface area contributed by atoms with Crippen molar-refractivity contribution in [1.82, 2.24) is 4.31 Å². The number of carbonyl (C=O) groups is 1. The average Bonchev–Trinajstić information content (AvgIpc) is 3.68. The van der Waals surface area contributed by atoms with Crippen LogP contribution in [0.25, 0.3) is 0 Å². The number of alkyl halides is 2. The number of sulfonamides is 1. The van der Waals surface area contributed by atoms with Crippen molar-refractivity contribution in [3.05, 3.63) is 81.2 Å². The van der Waals surface area contributed by atoms with Crippen LogP contribution in [-0.2, 0) is 35.8 Å². The van der Waals surface area contributed by atoms with E-state index in [0.29, 0.717) is 4.73 Å². The number of esters is 1. The smallest absolute Gasteiger partial charge is 0.387 e. The van der Waals surface area contributed by atoms with Crippen molar-refractivity contribution in [1.29, 1.82) is 0 Å². The predicted octanol–water partition coefficient (Wildman–Crippen LogP) is 5.01. The van der Waals surface area contributed by atoms with Crippen molar-refractivity contribution in [2.75, 3.05) is 25.2 Å². The summed E-state index contributed by atoms with van der Waals surface area (Å²) in [6.45, 7) is -2.91. The fourth-order valence-corrected chi connectivity index (χ4v) is 9.02. The first-order valence-electron chi connectivity index (χ1n) is 14.1. The Bertz CT molecular complexity index is 1840. The van der Waals surface area contributed by atoms with E-state index in [1.165, 1.54) is 18.2 Å². The van der Waals surface area contributed by atoms with Crippen LogP contribution in [0.1, 0.15) is 30.1 Å². The number of halogens is 4. The zero-order chi connectivity index (χ0) is 34.1. The third kappa shape index (κ3) is 8.59. The zero-order valence-electron chi connectivity index (χ0n) is 24.6. The molecule has 3 aromatic rings. The van der Waals surface area contributed by atoms with E-state index in [1.54, 1.807) is 0 Å². The van der Waals surface area contributed by atoms with Crippen LogP contribution in [0.4, 0.5) is 8.78 Å². The summed E-state index contributed by atoms with van der Waals surface area (Å²) < 4.78 is 94.9. The highest BCUT2D eigenvalue weighted by Crippen LogP contribution is 2.39. The minimum absolute atomic E-state index is 0.0182. The molecule has 1 saturated heterocycles. The lowest BCUT2D eigenvalue weighted by Gasteiger charge is -2.26. The highest BCUT2D eigenvalue weighted by atomic mass is 35.5. The fourth-order valence-electron chi connectivity index (χ4n) is 4.74. The van der Waals surface area contributed by atoms with Crippen LogP contribution in [0, 0.1) is 11.1 Å². The number of pyridine rings is 1. The molecule has 47 heavy (non-hydrogen) atoms. The van der Waals surface area contributed by atoms with E-state index in [4.69, 9.17) is 32.7 Å². The third-order valence-electron chi connectivity index (χ3n) is 7.34. The minimum atomic E-state index is -4.28. The van der Waals surface area contributed by atoms with Crippen LogP contribution < -0.4 is 14.2 Å². The number of carbonyl (C=O) groups excluding carboxylic acids is 1. The van der Waals surface area contributed by atoms with E-state index in [-0.39, 0.29) is 73.7 Å². The van der Waals surface area contributed by atoms with Gasteiger partial charge in [-0.15, -0.1) is 11.8 Å². The molecule has 5 rings (SSSR count). The first-order valence-corrected chi connectivity index (χ1v) is 19.2. The molecule has 0 spiro atoms. The van der Waals surface area contributed by atoms with Gasteiger partial charge in [0.15, 0.2) is 39.1 Å². The Morgan fingerprint density at radius 2 is 1.68 bits per heavy atom. The molecule has 2 aromatic carbocycles. The Balaban J connectivity index is 1.46. The third-order valence-corrected chi connectivity index (χ3v) is 12.3. The van der Waals surface area contributed by atoms with E-state index in [0.717, 1.165) is 71.8 Å². The Hall–Kier alpha value is -2.89. The summed E-state index contributed by atoms with van der Waals surface area (Å²) in [5.74, 6) is -0.672. The van der Waals surface area contributed by atoms with E-state index in [1.807, 2.05) is 0 Å². The first kappa shape index (κ1) is 35.4. The molecular weight excluding hydrogens is 725 g/mol. The van der Waals surface area contributed by atoms with Gasteiger partial charge < -0.3 is 19.4 Å². The van der Waals surface area contributed by atoms with Gasteiger partial charge in [-0.05, 0) is 60.7 Å². The van der Waals surface area contributed by atoms with Crippen LogP contribution in [0.2, 0.25) is 10.0 Å². The molecule has 0 N–H and O–H groups in total. The topological polar surface area (TPSA) is 143 Å². The van der Waals surface area contributed by atoms with Crippen LogP contribution in [0.5, 0.6) is 11.5 Å². The summed E-state index contributed by atoms with van der Waals surface area (Å²) in [6.07, 6.45) is 3.57. The molecule has 1 aliphatic carbocycles. The molecule has 2 fully saturated rings. The first-order chi connectivity index (χ1) is 22.1. The molecule has 0 amide bonds. The average molecular weight is 754 g/mol. The number of hydrogen-bond acceptors (Lipinski definition) is 10. The summed E-state index contributed by atoms with van der Waals surface area (Å²) >= 11 is 13.7. The van der Waals surface area contributed by atoms with Crippen molar-refractivity contribution in [3.8, 4) is 11.5 Å². The number of aromatic nitrogens is 1. The van der Waals surface area contributed by atoms with Crippen LogP contribution >= 0.6 is 35.0 Å².